The first-order valence-corrected chi connectivity index (χ1v) is 5.10. The third-order valence-electron chi connectivity index (χ3n) is 5.51. The molecule has 0 spiro atoms. The van der Waals surface area contributed by atoms with E-state index >= 15 is 0 Å². The summed E-state index contributed by atoms with van der Waals surface area (Å²) in [4.78, 5) is 0. The molecule has 0 saturated heterocycles. The van der Waals surface area contributed by atoms with Gasteiger partial charge in [0.1, 0.15) is 0 Å². The van der Waals surface area contributed by atoms with Crippen LogP contribution in [0.3, 0.4) is 0 Å². The lowest BCUT2D eigenvalue weighted by Crippen LogP contribution is -2.33. The fourth-order valence-corrected chi connectivity index (χ4v) is 5.51. The second-order valence-corrected chi connectivity index (χ2v) is 6.32. The Morgan fingerprint density at radius 2 is 1.91 bits per heavy atom. The highest BCUT2D eigenvalue weighted by molar-refractivity contribution is 5.44. The van der Waals surface area contributed by atoms with Gasteiger partial charge in [0.2, 0.25) is 0 Å². The molecular weight excluding hydrogens is 132 g/mol. The highest BCUT2D eigenvalue weighted by atomic mass is 15.0. The molecule has 0 N–H and O–H groups in total. The van der Waals surface area contributed by atoms with Crippen LogP contribution in [0, 0.1) is 40.4 Å². The minimum Gasteiger partial charge on any atom is -0.0596 e. The second kappa shape index (κ2) is 1.03. The maximum Gasteiger partial charge on any atom is -0.0150 e. The van der Waals surface area contributed by atoms with Gasteiger partial charge in [0.25, 0.3) is 0 Å². The molecule has 60 valence electrons. The van der Waals surface area contributed by atoms with E-state index in [1.807, 2.05) is 0 Å². The van der Waals surface area contributed by atoms with E-state index in [0.29, 0.717) is 5.41 Å². The van der Waals surface area contributed by atoms with E-state index in [4.69, 9.17) is 0 Å². The van der Waals surface area contributed by atoms with Gasteiger partial charge in [-0.1, -0.05) is 20.8 Å². The average molecular weight is 148 g/mol. The molecule has 5 rings (SSSR count). The molecule has 0 aliphatic heterocycles. The molecule has 0 nitrogen and oxygen atoms in total. The molecule has 6 unspecified atom stereocenters. The van der Waals surface area contributed by atoms with Crippen molar-refractivity contribution in [3.8, 4) is 0 Å². The van der Waals surface area contributed by atoms with Gasteiger partial charge in [0.05, 0.1) is 0 Å². The molecule has 0 heterocycles. The first kappa shape index (κ1) is 5.61. The van der Waals surface area contributed by atoms with Crippen molar-refractivity contribution in [2.45, 2.75) is 27.2 Å². The van der Waals surface area contributed by atoms with Crippen molar-refractivity contribution in [3.05, 3.63) is 0 Å². The van der Waals surface area contributed by atoms with Crippen LogP contribution < -0.4 is 0 Å². The van der Waals surface area contributed by atoms with Crippen molar-refractivity contribution in [3.63, 3.8) is 0 Å². The van der Waals surface area contributed by atoms with Crippen LogP contribution in [0.5, 0.6) is 0 Å². The van der Waals surface area contributed by atoms with Crippen molar-refractivity contribution < 1.29 is 0 Å². The lowest BCUT2D eigenvalue weighted by Gasteiger charge is -2.38. The van der Waals surface area contributed by atoms with E-state index in [2.05, 4.69) is 20.8 Å². The van der Waals surface area contributed by atoms with Gasteiger partial charge in [-0.25, -0.2) is 0 Å². The van der Waals surface area contributed by atoms with Gasteiger partial charge in [-0.05, 0) is 46.8 Å². The molecule has 5 fully saturated rings. The van der Waals surface area contributed by atoms with Gasteiger partial charge >= 0.3 is 0 Å². The molecule has 5 aliphatic carbocycles. The minimum absolute atomic E-state index is 0.634. The molecule has 6 atom stereocenters. The zero-order valence-corrected chi connectivity index (χ0v) is 7.59. The zero-order chi connectivity index (χ0) is 7.59. The fourth-order valence-electron chi connectivity index (χ4n) is 5.51. The molecule has 0 heteroatoms. The average Bonchev–Trinajstić information content (AvgIpc) is 2.40. The Hall–Kier alpha value is 0. The molecule has 5 saturated carbocycles. The van der Waals surface area contributed by atoms with Gasteiger partial charge in [-0.15, -0.1) is 0 Å². The van der Waals surface area contributed by atoms with Gasteiger partial charge in [-0.2, -0.15) is 0 Å². The topological polar surface area (TPSA) is 0 Å². The summed E-state index contributed by atoms with van der Waals surface area (Å²) in [5, 5.41) is 0. The predicted octanol–water partition coefficient (Wildman–Crippen LogP) is 2.54. The number of hydrogen-bond donors (Lipinski definition) is 0. The fraction of sp³-hybridized carbons (Fsp3) is 1.00. The Kier molecular flexibility index (Phi) is 0.527. The quantitative estimate of drug-likeness (QED) is 0.495. The summed E-state index contributed by atoms with van der Waals surface area (Å²) in [5.41, 5.74) is 1.52. The van der Waals surface area contributed by atoms with Gasteiger partial charge < -0.3 is 0 Å². The maximum atomic E-state index is 2.47. The first-order chi connectivity index (χ1) is 5.10. The summed E-state index contributed by atoms with van der Waals surface area (Å²) < 4.78 is 0. The van der Waals surface area contributed by atoms with E-state index < -0.39 is 0 Å². The standard InChI is InChI=1S/C11H16/c1-10(2,3)11-6-4-5-7(8(5)11)9(6)11/h5-9H,4H2,1-3H3. The van der Waals surface area contributed by atoms with Crippen LogP contribution >= 0.6 is 0 Å². The molecule has 0 aromatic rings. The van der Waals surface area contributed by atoms with Crippen molar-refractivity contribution in [1.29, 1.82) is 0 Å². The SMILES string of the molecule is CC(C)(C)C12C3CC4C(C41)C32. The van der Waals surface area contributed by atoms with Crippen LogP contribution in [-0.2, 0) is 0 Å². The molecule has 2 bridgehead atoms. The molecule has 0 radical (unpaired) electrons. The van der Waals surface area contributed by atoms with Crippen molar-refractivity contribution in [2.75, 3.05) is 0 Å². The number of hydrogen-bond acceptors (Lipinski definition) is 0. The first-order valence-electron chi connectivity index (χ1n) is 5.10. The van der Waals surface area contributed by atoms with Gasteiger partial charge in [-0.3, -0.25) is 0 Å². The van der Waals surface area contributed by atoms with E-state index in [0.717, 1.165) is 5.41 Å². The van der Waals surface area contributed by atoms with Crippen LogP contribution in [0.2, 0.25) is 0 Å². The van der Waals surface area contributed by atoms with Gasteiger partial charge in [0, 0.05) is 0 Å². The second-order valence-electron chi connectivity index (χ2n) is 6.32. The minimum atomic E-state index is 0.634. The maximum absolute atomic E-state index is 2.47. The molecular formula is C11H16. The molecule has 11 heavy (non-hydrogen) atoms. The van der Waals surface area contributed by atoms with E-state index in [1.165, 1.54) is 29.6 Å². The summed E-state index contributed by atoms with van der Waals surface area (Å²) >= 11 is 0. The third kappa shape index (κ3) is 0.290. The smallest absolute Gasteiger partial charge is 0.0150 e. The Morgan fingerprint density at radius 3 is 2.09 bits per heavy atom. The molecule has 0 aromatic heterocycles. The summed E-state index contributed by atoms with van der Waals surface area (Å²) in [6.45, 7) is 7.41. The van der Waals surface area contributed by atoms with Crippen LogP contribution in [-0.4, -0.2) is 0 Å². The summed E-state index contributed by atoms with van der Waals surface area (Å²) in [7, 11) is 0. The Bertz CT molecular complexity index is 239. The third-order valence-corrected chi connectivity index (χ3v) is 5.51. The largest absolute Gasteiger partial charge is 0.0596 e. The van der Waals surface area contributed by atoms with E-state index in [-0.39, 0.29) is 0 Å². The van der Waals surface area contributed by atoms with Crippen molar-refractivity contribution in [2.24, 2.45) is 40.4 Å². The van der Waals surface area contributed by atoms with Crippen LogP contribution in [0.25, 0.3) is 0 Å². The highest BCUT2D eigenvalue weighted by Crippen LogP contribution is 3.01. The van der Waals surface area contributed by atoms with Crippen molar-refractivity contribution in [1.82, 2.24) is 0 Å². The van der Waals surface area contributed by atoms with Crippen LogP contribution in [0.4, 0.5) is 0 Å². The highest BCUT2D eigenvalue weighted by Gasteiger charge is 2.98. The van der Waals surface area contributed by atoms with E-state index in [9.17, 15) is 0 Å². The van der Waals surface area contributed by atoms with Crippen molar-refractivity contribution >= 4 is 0 Å². The summed E-state index contributed by atoms with van der Waals surface area (Å²) in [6.07, 6.45) is 1.62. The summed E-state index contributed by atoms with van der Waals surface area (Å²) in [5.74, 6) is 6.11. The Labute approximate surface area is 68.4 Å². The number of rotatable bonds is 0. The van der Waals surface area contributed by atoms with Gasteiger partial charge in [0.15, 0.2) is 0 Å². The molecule has 0 amide bonds. The zero-order valence-electron chi connectivity index (χ0n) is 7.59. The Morgan fingerprint density at radius 1 is 1.18 bits per heavy atom. The van der Waals surface area contributed by atoms with E-state index in [1.54, 1.807) is 6.42 Å². The summed E-state index contributed by atoms with van der Waals surface area (Å²) in [6, 6.07) is 0. The predicted molar refractivity (Wildman–Crippen MR) is 44.0 cm³/mol. The molecule has 5 aliphatic rings. The Balaban J connectivity index is 1.87. The lowest BCUT2D eigenvalue weighted by molar-refractivity contribution is 0.0949. The lowest BCUT2D eigenvalue weighted by atomic mass is 9.66. The normalized spacial score (nSPS) is 73.9. The van der Waals surface area contributed by atoms with Crippen LogP contribution in [0.1, 0.15) is 27.2 Å². The monoisotopic (exact) mass is 148 g/mol. The molecule has 0 aromatic carbocycles. The van der Waals surface area contributed by atoms with Crippen LogP contribution in [0.15, 0.2) is 0 Å².